The van der Waals surface area contributed by atoms with Crippen molar-refractivity contribution in [2.75, 3.05) is 26.2 Å². The minimum Gasteiger partial charge on any atom is -0.445 e. The van der Waals surface area contributed by atoms with E-state index in [1.54, 1.807) is 9.80 Å². The molecule has 0 aromatic heterocycles. The summed E-state index contributed by atoms with van der Waals surface area (Å²) in [6.07, 6.45) is 4.71. The first-order valence-corrected chi connectivity index (χ1v) is 9.81. The van der Waals surface area contributed by atoms with E-state index in [9.17, 15) is 14.4 Å². The molecule has 0 unspecified atom stereocenters. The molecule has 1 saturated heterocycles. The van der Waals surface area contributed by atoms with Crippen LogP contribution in [0.1, 0.15) is 44.6 Å². The number of piperidine rings is 1. The Morgan fingerprint density at radius 2 is 1.93 bits per heavy atom. The largest absolute Gasteiger partial charge is 0.445 e. The first-order valence-electron chi connectivity index (χ1n) is 9.81. The average Bonchev–Trinajstić information content (AvgIpc) is 2.71. The van der Waals surface area contributed by atoms with Gasteiger partial charge in [-0.2, -0.15) is 0 Å². The fraction of sp³-hybridized carbons (Fsp3) is 0.571. The number of nitrogens with zero attached hydrogens (tertiary/aromatic N) is 2. The molecule has 1 fully saturated rings. The molecule has 1 heterocycles. The molecule has 148 valence electrons. The van der Waals surface area contributed by atoms with Crippen molar-refractivity contribution in [2.24, 2.45) is 5.92 Å². The second-order valence-corrected chi connectivity index (χ2v) is 6.96. The Hall–Kier alpha value is -2.37. The van der Waals surface area contributed by atoms with E-state index >= 15 is 0 Å². The summed E-state index contributed by atoms with van der Waals surface area (Å²) >= 11 is 0. The molecular formula is C21H30N2O4. The van der Waals surface area contributed by atoms with Gasteiger partial charge in [0, 0.05) is 26.1 Å². The Morgan fingerprint density at radius 1 is 1.22 bits per heavy atom. The fourth-order valence-electron chi connectivity index (χ4n) is 3.41. The van der Waals surface area contributed by atoms with E-state index in [0.717, 1.165) is 37.5 Å². The number of benzene rings is 1. The number of aldehydes is 1. The van der Waals surface area contributed by atoms with Crippen molar-refractivity contribution in [3.63, 3.8) is 0 Å². The summed E-state index contributed by atoms with van der Waals surface area (Å²) in [5.74, 6) is 0.587. The van der Waals surface area contributed by atoms with E-state index in [4.69, 9.17) is 4.74 Å². The van der Waals surface area contributed by atoms with Crippen LogP contribution in [0.3, 0.4) is 0 Å². The lowest BCUT2D eigenvalue weighted by molar-refractivity contribution is -0.133. The predicted octanol–water partition coefficient (Wildman–Crippen LogP) is 3.25. The van der Waals surface area contributed by atoms with E-state index in [1.807, 2.05) is 37.3 Å². The highest BCUT2D eigenvalue weighted by atomic mass is 16.6. The van der Waals surface area contributed by atoms with Gasteiger partial charge in [0.15, 0.2) is 0 Å². The number of ether oxygens (including phenoxy) is 1. The topological polar surface area (TPSA) is 66.9 Å². The standard InChI is InChI=1S/C21H30N2O4/c1-2-22(15-16-24)20(25)10-6-9-18-11-13-23(14-12-18)21(26)27-17-19-7-4-3-5-8-19/h3-5,7-8,16,18H,2,6,9-15,17H2,1H3. The molecule has 1 aliphatic heterocycles. The molecule has 2 rings (SSSR count). The van der Waals surface area contributed by atoms with Crippen LogP contribution in [0.2, 0.25) is 0 Å². The van der Waals surface area contributed by atoms with Gasteiger partial charge in [0.05, 0.1) is 6.54 Å². The van der Waals surface area contributed by atoms with Gasteiger partial charge < -0.3 is 19.3 Å². The van der Waals surface area contributed by atoms with Crippen molar-refractivity contribution < 1.29 is 19.1 Å². The van der Waals surface area contributed by atoms with Gasteiger partial charge in [-0.25, -0.2) is 4.79 Å². The van der Waals surface area contributed by atoms with Gasteiger partial charge in [0.25, 0.3) is 0 Å². The minimum atomic E-state index is -0.250. The maximum Gasteiger partial charge on any atom is 0.410 e. The van der Waals surface area contributed by atoms with Crippen molar-refractivity contribution in [1.29, 1.82) is 0 Å². The zero-order valence-corrected chi connectivity index (χ0v) is 16.1. The number of carbonyl (C=O) groups is 3. The van der Waals surface area contributed by atoms with Gasteiger partial charge in [-0.3, -0.25) is 4.79 Å². The predicted molar refractivity (Wildman–Crippen MR) is 103 cm³/mol. The molecule has 1 aromatic carbocycles. The minimum absolute atomic E-state index is 0.0477. The fourth-order valence-corrected chi connectivity index (χ4v) is 3.41. The number of amides is 2. The Kier molecular flexibility index (Phi) is 8.81. The van der Waals surface area contributed by atoms with Crippen molar-refractivity contribution >= 4 is 18.3 Å². The maximum absolute atomic E-state index is 12.2. The zero-order chi connectivity index (χ0) is 19.5. The Balaban J connectivity index is 1.62. The van der Waals surface area contributed by atoms with Crippen molar-refractivity contribution in [1.82, 2.24) is 9.80 Å². The number of likely N-dealkylation sites (tertiary alicyclic amines) is 1. The second-order valence-electron chi connectivity index (χ2n) is 6.96. The van der Waals surface area contributed by atoms with E-state index in [0.29, 0.717) is 38.6 Å². The Bertz CT molecular complexity index is 597. The van der Waals surface area contributed by atoms with E-state index in [1.165, 1.54) is 0 Å². The molecule has 0 saturated carbocycles. The number of carbonyl (C=O) groups excluding carboxylic acids is 3. The molecule has 0 spiro atoms. The normalized spacial score (nSPS) is 14.6. The third-order valence-corrected chi connectivity index (χ3v) is 5.11. The molecule has 0 bridgehead atoms. The Morgan fingerprint density at radius 3 is 2.56 bits per heavy atom. The summed E-state index contributed by atoms with van der Waals surface area (Å²) in [5.41, 5.74) is 0.987. The molecule has 0 radical (unpaired) electrons. The van der Waals surface area contributed by atoms with Crippen LogP contribution in [0, 0.1) is 5.92 Å². The van der Waals surface area contributed by atoms with Gasteiger partial charge in [-0.05, 0) is 44.1 Å². The van der Waals surface area contributed by atoms with Crippen LogP contribution in [0.4, 0.5) is 4.79 Å². The Labute approximate surface area is 161 Å². The molecular weight excluding hydrogens is 344 g/mol. The van der Waals surface area contributed by atoms with Crippen LogP contribution in [0.25, 0.3) is 0 Å². The highest BCUT2D eigenvalue weighted by Crippen LogP contribution is 2.23. The highest BCUT2D eigenvalue weighted by molar-refractivity contribution is 5.78. The monoisotopic (exact) mass is 374 g/mol. The molecule has 1 aliphatic rings. The third kappa shape index (κ3) is 7.04. The molecule has 27 heavy (non-hydrogen) atoms. The number of likely N-dealkylation sites (N-methyl/N-ethyl adjacent to an activating group) is 1. The van der Waals surface area contributed by atoms with Gasteiger partial charge in [-0.1, -0.05) is 30.3 Å². The molecule has 0 N–H and O–H groups in total. The van der Waals surface area contributed by atoms with Crippen molar-refractivity contribution in [3.8, 4) is 0 Å². The second kappa shape index (κ2) is 11.4. The van der Waals surface area contributed by atoms with E-state index in [-0.39, 0.29) is 18.5 Å². The van der Waals surface area contributed by atoms with E-state index in [2.05, 4.69) is 0 Å². The number of hydrogen-bond donors (Lipinski definition) is 0. The third-order valence-electron chi connectivity index (χ3n) is 5.11. The highest BCUT2D eigenvalue weighted by Gasteiger charge is 2.24. The summed E-state index contributed by atoms with van der Waals surface area (Å²) in [7, 11) is 0. The van der Waals surface area contributed by atoms with Gasteiger partial charge in [-0.15, -0.1) is 0 Å². The van der Waals surface area contributed by atoms with Gasteiger partial charge in [0.1, 0.15) is 12.9 Å². The SMILES string of the molecule is CCN(CC=O)C(=O)CCCC1CCN(C(=O)OCc2ccccc2)CC1. The number of hydrogen-bond acceptors (Lipinski definition) is 4. The lowest BCUT2D eigenvalue weighted by Crippen LogP contribution is -2.38. The molecule has 1 aromatic rings. The van der Waals surface area contributed by atoms with E-state index < -0.39 is 0 Å². The summed E-state index contributed by atoms with van der Waals surface area (Å²) in [6, 6.07) is 9.67. The van der Waals surface area contributed by atoms with Crippen LogP contribution in [-0.4, -0.2) is 54.3 Å². The first-order chi connectivity index (χ1) is 13.1. The van der Waals surface area contributed by atoms with Crippen LogP contribution < -0.4 is 0 Å². The molecule has 0 atom stereocenters. The first kappa shape index (κ1) is 20.9. The summed E-state index contributed by atoms with van der Waals surface area (Å²) in [6.45, 7) is 4.35. The molecule has 2 amide bonds. The summed E-state index contributed by atoms with van der Waals surface area (Å²) < 4.78 is 5.39. The quantitative estimate of drug-likeness (QED) is 0.622. The smallest absolute Gasteiger partial charge is 0.410 e. The van der Waals surface area contributed by atoms with Gasteiger partial charge >= 0.3 is 6.09 Å². The zero-order valence-electron chi connectivity index (χ0n) is 16.1. The maximum atomic E-state index is 12.2. The van der Waals surface area contributed by atoms with Crippen LogP contribution in [0.5, 0.6) is 0 Å². The average molecular weight is 374 g/mol. The molecule has 6 nitrogen and oxygen atoms in total. The summed E-state index contributed by atoms with van der Waals surface area (Å²) in [4.78, 5) is 38.1. The summed E-state index contributed by atoms with van der Waals surface area (Å²) in [5, 5.41) is 0. The number of rotatable bonds is 9. The van der Waals surface area contributed by atoms with Gasteiger partial charge in [0.2, 0.25) is 5.91 Å². The lowest BCUT2D eigenvalue weighted by atomic mass is 9.91. The van der Waals surface area contributed by atoms with Crippen LogP contribution in [0.15, 0.2) is 30.3 Å². The van der Waals surface area contributed by atoms with Crippen LogP contribution >= 0.6 is 0 Å². The lowest BCUT2D eigenvalue weighted by Gasteiger charge is -2.31. The van der Waals surface area contributed by atoms with Crippen molar-refractivity contribution in [3.05, 3.63) is 35.9 Å². The van der Waals surface area contributed by atoms with Crippen molar-refractivity contribution in [2.45, 2.75) is 45.6 Å². The molecule has 0 aliphatic carbocycles. The van der Waals surface area contributed by atoms with Crippen LogP contribution in [-0.2, 0) is 20.9 Å². The molecule has 6 heteroatoms.